The van der Waals surface area contributed by atoms with Gasteiger partial charge < -0.3 is 4.74 Å². The van der Waals surface area contributed by atoms with Crippen LogP contribution in [0.15, 0.2) is 0 Å². The minimum Gasteiger partial charge on any atom is -0.381 e. The maximum absolute atomic E-state index is 5.50. The molecular weight excluding hydrogens is 268 g/mol. The largest absolute Gasteiger partial charge is 0.381 e. The quantitative estimate of drug-likeness (QED) is 0.295. The third-order valence-corrected chi connectivity index (χ3v) is 4.60. The van der Waals surface area contributed by atoms with Crippen molar-refractivity contribution in [3.8, 4) is 11.8 Å². The molecule has 0 atom stereocenters. The number of ether oxygens (including phenoxy) is 1. The molecule has 0 amide bonds. The molecule has 0 aromatic carbocycles. The summed E-state index contributed by atoms with van der Waals surface area (Å²) in [5, 5.41) is 0. The fourth-order valence-electron chi connectivity index (χ4n) is 3.19. The van der Waals surface area contributed by atoms with Crippen LogP contribution >= 0.6 is 0 Å². The standard InChI is InChI=1S/C21H38O/c1-2-19-22-20-15-10-8-6-4-3-5-7-9-12-16-21-17-13-11-14-18-21/h21H,2-11,13-15,17-20H2,1H3. The molecule has 1 fully saturated rings. The van der Waals surface area contributed by atoms with Crippen LogP contribution in [-0.2, 0) is 4.74 Å². The van der Waals surface area contributed by atoms with Crippen molar-refractivity contribution in [3.05, 3.63) is 0 Å². The Morgan fingerprint density at radius 3 is 2.09 bits per heavy atom. The molecule has 1 nitrogen and oxygen atoms in total. The van der Waals surface area contributed by atoms with Crippen LogP contribution in [0.3, 0.4) is 0 Å². The highest BCUT2D eigenvalue weighted by molar-refractivity contribution is 5.04. The fourth-order valence-corrected chi connectivity index (χ4v) is 3.19. The van der Waals surface area contributed by atoms with Crippen molar-refractivity contribution < 1.29 is 4.74 Å². The Hall–Kier alpha value is -0.480. The molecule has 1 aliphatic carbocycles. The number of hydrogen-bond acceptors (Lipinski definition) is 1. The SMILES string of the molecule is CCCOCCCCCCCCCCC#CC1CCCCC1. The monoisotopic (exact) mass is 306 g/mol. The average Bonchev–Trinajstić information content (AvgIpc) is 2.56. The number of rotatable bonds is 12. The second-order valence-corrected chi connectivity index (χ2v) is 6.85. The van der Waals surface area contributed by atoms with E-state index < -0.39 is 0 Å². The average molecular weight is 307 g/mol. The van der Waals surface area contributed by atoms with Crippen molar-refractivity contribution in [1.82, 2.24) is 0 Å². The van der Waals surface area contributed by atoms with Gasteiger partial charge in [-0.2, -0.15) is 0 Å². The fraction of sp³-hybridized carbons (Fsp3) is 0.905. The van der Waals surface area contributed by atoms with E-state index in [0.29, 0.717) is 0 Å². The van der Waals surface area contributed by atoms with E-state index in [-0.39, 0.29) is 0 Å². The van der Waals surface area contributed by atoms with Gasteiger partial charge in [0.25, 0.3) is 0 Å². The number of hydrogen-bond donors (Lipinski definition) is 0. The van der Waals surface area contributed by atoms with Crippen LogP contribution in [0.4, 0.5) is 0 Å². The Bertz CT molecular complexity index is 280. The van der Waals surface area contributed by atoms with Gasteiger partial charge in [0.1, 0.15) is 0 Å². The molecule has 1 heteroatoms. The van der Waals surface area contributed by atoms with Crippen LogP contribution < -0.4 is 0 Å². The maximum atomic E-state index is 5.50. The summed E-state index contributed by atoms with van der Waals surface area (Å²) in [6.45, 7) is 4.07. The highest BCUT2D eigenvalue weighted by Gasteiger charge is 2.09. The van der Waals surface area contributed by atoms with E-state index in [4.69, 9.17) is 4.74 Å². The van der Waals surface area contributed by atoms with Crippen LogP contribution in [-0.4, -0.2) is 13.2 Å². The van der Waals surface area contributed by atoms with Gasteiger partial charge in [0.15, 0.2) is 0 Å². The molecule has 22 heavy (non-hydrogen) atoms. The Morgan fingerprint density at radius 2 is 1.41 bits per heavy atom. The first-order chi connectivity index (χ1) is 10.9. The van der Waals surface area contributed by atoms with Crippen LogP contribution in [0, 0.1) is 17.8 Å². The lowest BCUT2D eigenvalue weighted by Gasteiger charge is -2.15. The molecule has 128 valence electrons. The van der Waals surface area contributed by atoms with Gasteiger partial charge in [0, 0.05) is 25.6 Å². The van der Waals surface area contributed by atoms with E-state index in [1.807, 2.05) is 0 Å². The van der Waals surface area contributed by atoms with E-state index in [2.05, 4.69) is 18.8 Å². The minimum absolute atomic E-state index is 0.732. The second-order valence-electron chi connectivity index (χ2n) is 6.85. The smallest absolute Gasteiger partial charge is 0.0466 e. The van der Waals surface area contributed by atoms with E-state index in [0.717, 1.165) is 32.0 Å². The van der Waals surface area contributed by atoms with Crippen molar-refractivity contribution >= 4 is 0 Å². The summed E-state index contributed by atoms with van der Waals surface area (Å²) in [5.74, 6) is 7.66. The third-order valence-electron chi connectivity index (χ3n) is 4.60. The molecule has 1 rings (SSSR count). The Morgan fingerprint density at radius 1 is 0.773 bits per heavy atom. The lowest BCUT2D eigenvalue weighted by molar-refractivity contribution is 0.130. The summed E-state index contributed by atoms with van der Waals surface area (Å²) in [7, 11) is 0. The Kier molecular flexibility index (Phi) is 13.7. The highest BCUT2D eigenvalue weighted by atomic mass is 16.5. The second kappa shape index (κ2) is 15.4. The summed E-state index contributed by atoms with van der Waals surface area (Å²) in [6.07, 6.45) is 20.1. The molecule has 0 spiro atoms. The first-order valence-electron chi connectivity index (χ1n) is 9.99. The van der Waals surface area contributed by atoms with E-state index in [1.165, 1.54) is 83.5 Å². The van der Waals surface area contributed by atoms with Crippen LogP contribution in [0.1, 0.15) is 103 Å². The summed E-state index contributed by atoms with van der Waals surface area (Å²) in [5.41, 5.74) is 0. The molecule has 0 radical (unpaired) electrons. The molecule has 1 saturated carbocycles. The van der Waals surface area contributed by atoms with E-state index in [1.54, 1.807) is 0 Å². The van der Waals surface area contributed by atoms with Gasteiger partial charge in [0.2, 0.25) is 0 Å². The zero-order valence-corrected chi connectivity index (χ0v) is 15.0. The molecule has 0 unspecified atom stereocenters. The lowest BCUT2D eigenvalue weighted by atomic mass is 9.90. The van der Waals surface area contributed by atoms with E-state index in [9.17, 15) is 0 Å². The third kappa shape index (κ3) is 12.1. The predicted molar refractivity (Wildman–Crippen MR) is 97.0 cm³/mol. The molecule has 0 saturated heterocycles. The molecular formula is C21H38O. The topological polar surface area (TPSA) is 9.23 Å². The zero-order chi connectivity index (χ0) is 15.7. The summed E-state index contributed by atoms with van der Waals surface area (Å²) in [4.78, 5) is 0. The van der Waals surface area contributed by atoms with Gasteiger partial charge in [-0.3, -0.25) is 0 Å². The summed E-state index contributed by atoms with van der Waals surface area (Å²) >= 11 is 0. The number of unbranched alkanes of at least 4 members (excludes halogenated alkanes) is 8. The Balaban J connectivity index is 1.75. The maximum Gasteiger partial charge on any atom is 0.0466 e. The molecule has 0 N–H and O–H groups in total. The van der Waals surface area contributed by atoms with Gasteiger partial charge in [-0.1, -0.05) is 70.6 Å². The Labute approximate surface area is 139 Å². The molecule has 0 heterocycles. The first kappa shape index (κ1) is 19.6. The van der Waals surface area contributed by atoms with Crippen molar-refractivity contribution in [3.63, 3.8) is 0 Å². The normalized spacial score (nSPS) is 15.5. The first-order valence-corrected chi connectivity index (χ1v) is 9.99. The molecule has 0 aromatic rings. The van der Waals surface area contributed by atoms with E-state index >= 15 is 0 Å². The summed E-state index contributed by atoms with van der Waals surface area (Å²) in [6, 6.07) is 0. The van der Waals surface area contributed by atoms with Crippen LogP contribution in [0.2, 0.25) is 0 Å². The lowest BCUT2D eigenvalue weighted by Crippen LogP contribution is -2.02. The van der Waals surface area contributed by atoms with Crippen molar-refractivity contribution in [2.45, 2.75) is 103 Å². The van der Waals surface area contributed by atoms with Gasteiger partial charge in [0.05, 0.1) is 0 Å². The van der Waals surface area contributed by atoms with Crippen LogP contribution in [0.5, 0.6) is 0 Å². The predicted octanol–water partition coefficient (Wildman–Crippen LogP) is 6.51. The van der Waals surface area contributed by atoms with Gasteiger partial charge >= 0.3 is 0 Å². The van der Waals surface area contributed by atoms with Gasteiger partial charge in [-0.25, -0.2) is 0 Å². The zero-order valence-electron chi connectivity index (χ0n) is 15.0. The van der Waals surface area contributed by atoms with Gasteiger partial charge in [-0.15, -0.1) is 5.92 Å². The van der Waals surface area contributed by atoms with Crippen molar-refractivity contribution in [1.29, 1.82) is 0 Å². The molecule has 0 aromatic heterocycles. The van der Waals surface area contributed by atoms with Crippen LogP contribution in [0.25, 0.3) is 0 Å². The molecule has 1 aliphatic rings. The van der Waals surface area contributed by atoms with Crippen molar-refractivity contribution in [2.24, 2.45) is 5.92 Å². The molecule has 0 bridgehead atoms. The summed E-state index contributed by atoms with van der Waals surface area (Å²) < 4.78 is 5.50. The van der Waals surface area contributed by atoms with Crippen molar-refractivity contribution in [2.75, 3.05) is 13.2 Å². The highest BCUT2D eigenvalue weighted by Crippen LogP contribution is 2.22. The minimum atomic E-state index is 0.732. The molecule has 0 aliphatic heterocycles. The van der Waals surface area contributed by atoms with Gasteiger partial charge in [-0.05, 0) is 32.1 Å².